The lowest BCUT2D eigenvalue weighted by molar-refractivity contribution is 0.396. The largest absolute Gasteiger partial charge is 0.367 e. The van der Waals surface area contributed by atoms with Gasteiger partial charge in [0.05, 0.1) is 11.6 Å². The molecule has 2 atom stereocenters. The van der Waals surface area contributed by atoms with Gasteiger partial charge in [-0.25, -0.2) is 4.98 Å². The van der Waals surface area contributed by atoms with Crippen LogP contribution in [-0.4, -0.2) is 23.6 Å². The third kappa shape index (κ3) is 2.71. The molecule has 2 unspecified atom stereocenters. The summed E-state index contributed by atoms with van der Waals surface area (Å²) in [6, 6.07) is 6.64. The summed E-state index contributed by atoms with van der Waals surface area (Å²) >= 11 is 0. The first-order valence-electron chi connectivity index (χ1n) is 5.64. The lowest BCUT2D eigenvalue weighted by Crippen LogP contribution is -2.41. The van der Waals surface area contributed by atoms with E-state index in [2.05, 4.69) is 28.6 Å². The van der Waals surface area contributed by atoms with Crippen LogP contribution in [0, 0.1) is 11.3 Å². The van der Waals surface area contributed by atoms with Crippen molar-refractivity contribution >= 4 is 5.82 Å². The zero-order valence-electron chi connectivity index (χ0n) is 9.40. The van der Waals surface area contributed by atoms with Crippen molar-refractivity contribution in [3.63, 3.8) is 0 Å². The SMILES string of the molecule is CC1CC(Nc2cc(C#N)ccn2)CCN1. The molecule has 2 N–H and O–H groups in total. The van der Waals surface area contributed by atoms with Crippen LogP contribution >= 0.6 is 0 Å². The Bertz CT molecular complexity index is 396. The second-order valence-corrected chi connectivity index (χ2v) is 4.26. The van der Waals surface area contributed by atoms with Crippen LogP contribution in [-0.2, 0) is 0 Å². The first-order valence-corrected chi connectivity index (χ1v) is 5.64. The van der Waals surface area contributed by atoms with E-state index in [1.54, 1.807) is 18.3 Å². The standard InChI is InChI=1S/C12H16N4/c1-9-6-11(3-5-14-9)16-12-7-10(8-13)2-4-15-12/h2,4,7,9,11,14H,3,5-6H2,1H3,(H,15,16). The molecule has 1 aliphatic heterocycles. The predicted molar refractivity (Wildman–Crippen MR) is 63.1 cm³/mol. The van der Waals surface area contributed by atoms with E-state index in [9.17, 15) is 0 Å². The van der Waals surface area contributed by atoms with Crippen LogP contribution in [0.3, 0.4) is 0 Å². The van der Waals surface area contributed by atoms with Crippen molar-refractivity contribution in [3.8, 4) is 6.07 Å². The predicted octanol–water partition coefficient (Wildman–Crippen LogP) is 1.51. The summed E-state index contributed by atoms with van der Waals surface area (Å²) in [6.45, 7) is 3.23. The molecule has 0 aliphatic carbocycles. The summed E-state index contributed by atoms with van der Waals surface area (Å²) in [5.41, 5.74) is 0.652. The van der Waals surface area contributed by atoms with E-state index in [0.29, 0.717) is 17.6 Å². The topological polar surface area (TPSA) is 60.7 Å². The van der Waals surface area contributed by atoms with Crippen LogP contribution in [0.2, 0.25) is 0 Å². The van der Waals surface area contributed by atoms with E-state index >= 15 is 0 Å². The van der Waals surface area contributed by atoms with Gasteiger partial charge in [0, 0.05) is 18.3 Å². The van der Waals surface area contributed by atoms with Crippen LogP contribution in [0.4, 0.5) is 5.82 Å². The molecule has 0 spiro atoms. The highest BCUT2D eigenvalue weighted by molar-refractivity contribution is 5.43. The molecule has 4 nitrogen and oxygen atoms in total. The fourth-order valence-corrected chi connectivity index (χ4v) is 2.05. The van der Waals surface area contributed by atoms with E-state index in [1.165, 1.54) is 0 Å². The lowest BCUT2D eigenvalue weighted by atomic mass is 10.0. The number of nitriles is 1. The second kappa shape index (κ2) is 4.95. The average molecular weight is 216 g/mol. The average Bonchev–Trinajstić information content (AvgIpc) is 2.29. The quantitative estimate of drug-likeness (QED) is 0.786. The Hall–Kier alpha value is -1.60. The summed E-state index contributed by atoms with van der Waals surface area (Å²) in [7, 11) is 0. The van der Waals surface area contributed by atoms with Crippen molar-refractivity contribution in [1.82, 2.24) is 10.3 Å². The zero-order valence-corrected chi connectivity index (χ0v) is 9.40. The number of hydrogen-bond acceptors (Lipinski definition) is 4. The molecule has 1 aromatic heterocycles. The van der Waals surface area contributed by atoms with Crippen molar-refractivity contribution in [2.24, 2.45) is 0 Å². The van der Waals surface area contributed by atoms with Crippen molar-refractivity contribution in [3.05, 3.63) is 23.9 Å². The van der Waals surface area contributed by atoms with Crippen LogP contribution in [0.1, 0.15) is 25.3 Å². The fraction of sp³-hybridized carbons (Fsp3) is 0.500. The second-order valence-electron chi connectivity index (χ2n) is 4.26. The van der Waals surface area contributed by atoms with Gasteiger partial charge in [-0.3, -0.25) is 0 Å². The Morgan fingerprint density at radius 2 is 2.50 bits per heavy atom. The molecule has 16 heavy (non-hydrogen) atoms. The molecule has 1 aliphatic rings. The Balaban J connectivity index is 2.00. The van der Waals surface area contributed by atoms with Crippen LogP contribution < -0.4 is 10.6 Å². The molecular weight excluding hydrogens is 200 g/mol. The third-order valence-electron chi connectivity index (χ3n) is 2.86. The molecule has 0 radical (unpaired) electrons. The molecule has 0 bridgehead atoms. The van der Waals surface area contributed by atoms with Crippen molar-refractivity contribution < 1.29 is 0 Å². The number of nitrogens with one attached hydrogen (secondary N) is 2. The molecular formula is C12H16N4. The molecule has 4 heteroatoms. The number of nitrogens with zero attached hydrogens (tertiary/aromatic N) is 2. The minimum absolute atomic E-state index is 0.456. The van der Waals surface area contributed by atoms with E-state index < -0.39 is 0 Å². The smallest absolute Gasteiger partial charge is 0.127 e. The first kappa shape index (κ1) is 10.9. The molecule has 0 aromatic carbocycles. The number of rotatable bonds is 2. The van der Waals surface area contributed by atoms with E-state index in [4.69, 9.17) is 5.26 Å². The highest BCUT2D eigenvalue weighted by atomic mass is 15.0. The minimum Gasteiger partial charge on any atom is -0.367 e. The summed E-state index contributed by atoms with van der Waals surface area (Å²) in [5.74, 6) is 0.804. The maximum Gasteiger partial charge on any atom is 0.127 e. The Morgan fingerprint density at radius 1 is 1.62 bits per heavy atom. The molecule has 84 valence electrons. The normalized spacial score (nSPS) is 24.8. The van der Waals surface area contributed by atoms with Gasteiger partial charge in [-0.15, -0.1) is 0 Å². The van der Waals surface area contributed by atoms with Gasteiger partial charge in [0.25, 0.3) is 0 Å². The molecule has 0 saturated carbocycles. The highest BCUT2D eigenvalue weighted by Gasteiger charge is 2.18. The van der Waals surface area contributed by atoms with Crippen molar-refractivity contribution in [2.45, 2.75) is 31.8 Å². The highest BCUT2D eigenvalue weighted by Crippen LogP contribution is 2.14. The number of hydrogen-bond donors (Lipinski definition) is 2. The number of pyridine rings is 1. The molecule has 2 heterocycles. The van der Waals surface area contributed by atoms with Gasteiger partial charge >= 0.3 is 0 Å². The van der Waals surface area contributed by atoms with Crippen LogP contribution in [0.5, 0.6) is 0 Å². The molecule has 1 aromatic rings. The van der Waals surface area contributed by atoms with Gasteiger partial charge in [-0.05, 0) is 38.4 Å². The Labute approximate surface area is 95.7 Å². The maximum absolute atomic E-state index is 8.79. The van der Waals surface area contributed by atoms with Gasteiger partial charge in [-0.2, -0.15) is 5.26 Å². The summed E-state index contributed by atoms with van der Waals surface area (Å²) in [4.78, 5) is 4.22. The summed E-state index contributed by atoms with van der Waals surface area (Å²) in [5, 5.41) is 15.6. The van der Waals surface area contributed by atoms with Gasteiger partial charge in [0.15, 0.2) is 0 Å². The van der Waals surface area contributed by atoms with Gasteiger partial charge in [0.1, 0.15) is 5.82 Å². The summed E-state index contributed by atoms with van der Waals surface area (Å²) < 4.78 is 0. The van der Waals surface area contributed by atoms with Crippen LogP contribution in [0.15, 0.2) is 18.3 Å². The molecule has 0 amide bonds. The number of aromatic nitrogens is 1. The number of piperidine rings is 1. The number of anilines is 1. The third-order valence-corrected chi connectivity index (χ3v) is 2.86. The fourth-order valence-electron chi connectivity index (χ4n) is 2.05. The van der Waals surface area contributed by atoms with Crippen molar-refractivity contribution in [2.75, 3.05) is 11.9 Å². The molecule has 2 rings (SSSR count). The Kier molecular flexibility index (Phi) is 3.37. The molecule has 1 fully saturated rings. The van der Waals surface area contributed by atoms with Crippen LogP contribution in [0.25, 0.3) is 0 Å². The first-order chi connectivity index (χ1) is 7.78. The van der Waals surface area contributed by atoms with Gasteiger partial charge < -0.3 is 10.6 Å². The zero-order chi connectivity index (χ0) is 11.4. The lowest BCUT2D eigenvalue weighted by Gasteiger charge is -2.29. The minimum atomic E-state index is 0.456. The maximum atomic E-state index is 8.79. The van der Waals surface area contributed by atoms with Gasteiger partial charge in [-0.1, -0.05) is 0 Å². The van der Waals surface area contributed by atoms with E-state index in [1.807, 2.05) is 0 Å². The van der Waals surface area contributed by atoms with E-state index in [-0.39, 0.29) is 0 Å². The van der Waals surface area contributed by atoms with Crippen molar-refractivity contribution in [1.29, 1.82) is 5.26 Å². The Morgan fingerprint density at radius 3 is 3.25 bits per heavy atom. The van der Waals surface area contributed by atoms with Gasteiger partial charge in [0.2, 0.25) is 0 Å². The molecule has 1 saturated heterocycles. The monoisotopic (exact) mass is 216 g/mol. The summed E-state index contributed by atoms with van der Waals surface area (Å²) in [6.07, 6.45) is 3.87. The van der Waals surface area contributed by atoms with E-state index in [0.717, 1.165) is 25.2 Å².